The molecule has 3 nitrogen and oxygen atoms in total. The van der Waals surface area contributed by atoms with Gasteiger partial charge >= 0.3 is 0 Å². The Morgan fingerprint density at radius 3 is 2.69 bits per heavy atom. The quantitative estimate of drug-likeness (QED) is 0.811. The van der Waals surface area contributed by atoms with Gasteiger partial charge in [-0.3, -0.25) is 0 Å². The number of hydrogen-bond donors (Lipinski definition) is 2. The summed E-state index contributed by atoms with van der Waals surface area (Å²) in [4.78, 5) is 2.36. The zero-order valence-electron chi connectivity index (χ0n) is 9.82. The predicted molar refractivity (Wildman–Crippen MR) is 65.5 cm³/mol. The minimum absolute atomic E-state index is 0.392. The summed E-state index contributed by atoms with van der Waals surface area (Å²) in [6.07, 6.45) is 2.40. The van der Waals surface area contributed by atoms with Gasteiger partial charge in [-0.2, -0.15) is 0 Å². The summed E-state index contributed by atoms with van der Waals surface area (Å²) in [5, 5.41) is 13.1. The second-order valence-electron chi connectivity index (χ2n) is 4.59. The predicted octanol–water partition coefficient (Wildman–Crippen LogP) is 1.58. The Balaban J connectivity index is 1.81. The van der Waals surface area contributed by atoms with Gasteiger partial charge < -0.3 is 15.3 Å². The Kier molecular flexibility index (Phi) is 3.80. The third-order valence-electron chi connectivity index (χ3n) is 3.29. The molecule has 1 fully saturated rings. The first-order valence-electron chi connectivity index (χ1n) is 5.94. The number of phenolic OH excluding ortho intramolecular Hbond substituents is 1. The molecule has 2 N–H and O–H groups in total. The zero-order chi connectivity index (χ0) is 11.4. The second kappa shape index (κ2) is 5.32. The molecule has 0 spiro atoms. The van der Waals surface area contributed by atoms with E-state index in [1.807, 2.05) is 18.2 Å². The molecule has 0 saturated carbocycles. The van der Waals surface area contributed by atoms with Crippen molar-refractivity contribution >= 4 is 0 Å². The average molecular weight is 220 g/mol. The van der Waals surface area contributed by atoms with E-state index in [4.69, 9.17) is 0 Å². The lowest BCUT2D eigenvalue weighted by atomic mass is 10.1. The molecular weight excluding hydrogens is 200 g/mol. The molecule has 1 aromatic carbocycles. The van der Waals surface area contributed by atoms with Gasteiger partial charge in [0.15, 0.2) is 0 Å². The molecule has 0 unspecified atom stereocenters. The molecule has 1 heterocycles. The Morgan fingerprint density at radius 1 is 1.31 bits per heavy atom. The lowest BCUT2D eigenvalue weighted by Crippen LogP contribution is -2.40. The highest BCUT2D eigenvalue weighted by Gasteiger charge is 2.15. The molecule has 0 aliphatic carbocycles. The van der Waals surface area contributed by atoms with Gasteiger partial charge in [0.1, 0.15) is 5.75 Å². The van der Waals surface area contributed by atoms with E-state index >= 15 is 0 Å². The van der Waals surface area contributed by atoms with Gasteiger partial charge in [-0.05, 0) is 39.0 Å². The Labute approximate surface area is 97.1 Å². The van der Waals surface area contributed by atoms with E-state index in [1.54, 1.807) is 6.07 Å². The van der Waals surface area contributed by atoms with Gasteiger partial charge in [-0.1, -0.05) is 18.2 Å². The van der Waals surface area contributed by atoms with Crippen LogP contribution in [-0.2, 0) is 6.54 Å². The molecule has 0 bridgehead atoms. The maximum atomic E-state index is 9.63. The molecule has 0 amide bonds. The normalized spacial score (nSPS) is 18.8. The topological polar surface area (TPSA) is 35.5 Å². The fourth-order valence-electron chi connectivity index (χ4n) is 2.13. The van der Waals surface area contributed by atoms with E-state index in [9.17, 15) is 5.11 Å². The molecule has 2 rings (SSSR count). The van der Waals surface area contributed by atoms with Crippen LogP contribution in [0.4, 0.5) is 0 Å². The number of nitrogens with zero attached hydrogens (tertiary/aromatic N) is 1. The van der Waals surface area contributed by atoms with Gasteiger partial charge in [-0.25, -0.2) is 0 Å². The van der Waals surface area contributed by atoms with Crippen molar-refractivity contribution in [2.75, 3.05) is 20.1 Å². The summed E-state index contributed by atoms with van der Waals surface area (Å²) in [5.41, 5.74) is 0.987. The van der Waals surface area contributed by atoms with Crippen molar-refractivity contribution in [2.24, 2.45) is 0 Å². The molecule has 0 atom stereocenters. The number of piperidine rings is 1. The van der Waals surface area contributed by atoms with Crippen LogP contribution in [0.25, 0.3) is 0 Å². The monoisotopic (exact) mass is 220 g/mol. The largest absolute Gasteiger partial charge is 0.508 e. The van der Waals surface area contributed by atoms with E-state index in [2.05, 4.69) is 17.3 Å². The van der Waals surface area contributed by atoms with Crippen molar-refractivity contribution in [1.82, 2.24) is 10.2 Å². The van der Waals surface area contributed by atoms with E-state index in [-0.39, 0.29) is 0 Å². The van der Waals surface area contributed by atoms with Crippen molar-refractivity contribution in [2.45, 2.75) is 25.4 Å². The Morgan fingerprint density at radius 2 is 2.00 bits per heavy atom. The molecular formula is C13H20N2O. The maximum absolute atomic E-state index is 9.63. The zero-order valence-corrected chi connectivity index (χ0v) is 9.82. The SMILES string of the molecule is CN1CCC(NCc2ccccc2O)CC1. The summed E-state index contributed by atoms with van der Waals surface area (Å²) in [6, 6.07) is 8.12. The number of hydrogen-bond acceptors (Lipinski definition) is 3. The number of phenols is 1. The van der Waals surface area contributed by atoms with Crippen molar-refractivity contribution in [3.8, 4) is 5.75 Å². The van der Waals surface area contributed by atoms with Crippen LogP contribution in [0.3, 0.4) is 0 Å². The molecule has 16 heavy (non-hydrogen) atoms. The van der Waals surface area contributed by atoms with Gasteiger partial charge in [0.2, 0.25) is 0 Å². The number of para-hydroxylation sites is 1. The van der Waals surface area contributed by atoms with E-state index in [0.717, 1.165) is 12.1 Å². The molecule has 0 radical (unpaired) electrons. The third kappa shape index (κ3) is 2.97. The number of likely N-dealkylation sites (tertiary alicyclic amines) is 1. The standard InChI is InChI=1S/C13H20N2O/c1-15-8-6-12(7-9-15)14-10-11-4-2-3-5-13(11)16/h2-5,12,14,16H,6-10H2,1H3. The number of nitrogens with one attached hydrogen (secondary N) is 1. The maximum Gasteiger partial charge on any atom is 0.120 e. The minimum atomic E-state index is 0.392. The van der Waals surface area contributed by atoms with Crippen LogP contribution in [0.15, 0.2) is 24.3 Å². The van der Waals surface area contributed by atoms with Crippen LogP contribution in [0.2, 0.25) is 0 Å². The van der Waals surface area contributed by atoms with Crippen LogP contribution in [0.5, 0.6) is 5.75 Å². The highest BCUT2D eigenvalue weighted by molar-refractivity contribution is 5.31. The molecule has 1 saturated heterocycles. The fourth-order valence-corrected chi connectivity index (χ4v) is 2.13. The lowest BCUT2D eigenvalue weighted by Gasteiger charge is -2.29. The Bertz CT molecular complexity index is 332. The van der Waals surface area contributed by atoms with E-state index in [1.165, 1.54) is 25.9 Å². The van der Waals surface area contributed by atoms with Crippen molar-refractivity contribution in [3.05, 3.63) is 29.8 Å². The van der Waals surface area contributed by atoms with Gasteiger partial charge in [0.25, 0.3) is 0 Å². The van der Waals surface area contributed by atoms with E-state index < -0.39 is 0 Å². The van der Waals surface area contributed by atoms with Crippen LogP contribution in [-0.4, -0.2) is 36.2 Å². The highest BCUT2D eigenvalue weighted by atomic mass is 16.3. The third-order valence-corrected chi connectivity index (χ3v) is 3.29. The molecule has 88 valence electrons. The molecule has 1 aliphatic rings. The van der Waals surface area contributed by atoms with Gasteiger partial charge in [0.05, 0.1) is 0 Å². The first-order valence-corrected chi connectivity index (χ1v) is 5.94. The van der Waals surface area contributed by atoms with Gasteiger partial charge in [0, 0.05) is 18.2 Å². The van der Waals surface area contributed by atoms with Crippen LogP contribution in [0, 0.1) is 0 Å². The minimum Gasteiger partial charge on any atom is -0.508 e. The highest BCUT2D eigenvalue weighted by Crippen LogP contribution is 2.16. The van der Waals surface area contributed by atoms with Crippen LogP contribution >= 0.6 is 0 Å². The number of aromatic hydroxyl groups is 1. The summed E-state index contributed by atoms with van der Waals surface area (Å²) < 4.78 is 0. The van der Waals surface area contributed by atoms with Crippen LogP contribution < -0.4 is 5.32 Å². The van der Waals surface area contributed by atoms with Crippen molar-refractivity contribution < 1.29 is 5.11 Å². The van der Waals surface area contributed by atoms with Gasteiger partial charge in [-0.15, -0.1) is 0 Å². The van der Waals surface area contributed by atoms with Crippen LogP contribution in [0.1, 0.15) is 18.4 Å². The second-order valence-corrected chi connectivity index (χ2v) is 4.59. The smallest absolute Gasteiger partial charge is 0.120 e. The summed E-state index contributed by atoms with van der Waals surface area (Å²) in [6.45, 7) is 3.10. The lowest BCUT2D eigenvalue weighted by molar-refractivity contribution is 0.233. The number of benzene rings is 1. The average Bonchev–Trinajstić information content (AvgIpc) is 2.30. The summed E-state index contributed by atoms with van der Waals surface area (Å²) in [7, 11) is 2.17. The molecule has 1 aromatic rings. The Hall–Kier alpha value is -1.06. The molecule has 3 heteroatoms. The fraction of sp³-hybridized carbons (Fsp3) is 0.538. The van der Waals surface area contributed by atoms with E-state index in [0.29, 0.717) is 11.8 Å². The summed E-state index contributed by atoms with van der Waals surface area (Å²) >= 11 is 0. The molecule has 0 aromatic heterocycles. The summed E-state index contributed by atoms with van der Waals surface area (Å²) in [5.74, 6) is 0.392. The first kappa shape index (κ1) is 11.4. The first-order chi connectivity index (χ1) is 7.75. The molecule has 1 aliphatic heterocycles. The number of rotatable bonds is 3. The van der Waals surface area contributed by atoms with Crippen molar-refractivity contribution in [1.29, 1.82) is 0 Å². The van der Waals surface area contributed by atoms with Crippen molar-refractivity contribution in [3.63, 3.8) is 0 Å².